The van der Waals surface area contributed by atoms with Crippen molar-refractivity contribution in [1.29, 1.82) is 0 Å². The molecule has 8 atom stereocenters. The molecule has 0 aliphatic heterocycles. The fourth-order valence-corrected chi connectivity index (χ4v) is 9.04. The van der Waals surface area contributed by atoms with Crippen molar-refractivity contribution in [2.45, 2.75) is 84.6 Å². The number of hydrogen-bond donors (Lipinski definition) is 1. The molecule has 176 valence electrons. The zero-order valence-corrected chi connectivity index (χ0v) is 20.5. The van der Waals surface area contributed by atoms with Gasteiger partial charge in [0.15, 0.2) is 5.78 Å². The number of nitrogens with one attached hydrogen (secondary N) is 1. The van der Waals surface area contributed by atoms with Gasteiger partial charge in [-0.1, -0.05) is 33.3 Å². The second kappa shape index (κ2) is 8.65. The lowest BCUT2D eigenvalue weighted by Gasteiger charge is -2.56. The Hall–Kier alpha value is -1.58. The third-order valence-corrected chi connectivity index (χ3v) is 10.7. The Bertz CT molecular complexity index is 859. The highest BCUT2D eigenvalue weighted by Gasteiger charge is 2.58. The van der Waals surface area contributed by atoms with Crippen LogP contribution in [0, 0.1) is 46.8 Å². The van der Waals surface area contributed by atoms with Gasteiger partial charge in [0, 0.05) is 13.0 Å². The molecule has 4 nitrogen and oxygen atoms in total. The van der Waals surface area contributed by atoms with E-state index in [0.717, 1.165) is 53.3 Å². The summed E-state index contributed by atoms with van der Waals surface area (Å²) in [6.45, 7) is 9.18. The maximum Gasteiger partial charge on any atom is 0.157 e. The minimum Gasteiger partial charge on any atom is -0.385 e. The summed E-state index contributed by atoms with van der Waals surface area (Å²) in [6.07, 6.45) is 17.3. The Morgan fingerprint density at radius 3 is 2.75 bits per heavy atom. The second-order valence-corrected chi connectivity index (χ2v) is 11.7. The number of anilines is 1. The highest BCUT2D eigenvalue weighted by molar-refractivity contribution is 5.82. The summed E-state index contributed by atoms with van der Waals surface area (Å²) in [4.78, 5) is 13.6. The molecule has 8 unspecified atom stereocenters. The van der Waals surface area contributed by atoms with Crippen molar-refractivity contribution < 1.29 is 4.79 Å². The molecule has 0 radical (unpaired) electrons. The molecule has 4 heteroatoms. The van der Waals surface area contributed by atoms with Crippen molar-refractivity contribution in [2.24, 2.45) is 46.8 Å². The monoisotopic (exact) mass is 437 g/mol. The molecule has 4 aliphatic rings. The quantitative estimate of drug-likeness (QED) is 0.558. The van der Waals surface area contributed by atoms with Gasteiger partial charge in [-0.2, -0.15) is 5.10 Å². The lowest BCUT2D eigenvalue weighted by atomic mass is 9.49. The zero-order chi connectivity index (χ0) is 22.5. The normalized spacial score (nSPS) is 40.8. The van der Waals surface area contributed by atoms with Gasteiger partial charge < -0.3 is 5.32 Å². The molecule has 0 bridgehead atoms. The Labute approximate surface area is 194 Å². The average molecular weight is 438 g/mol. The van der Waals surface area contributed by atoms with Crippen molar-refractivity contribution in [1.82, 2.24) is 9.78 Å². The Kier molecular flexibility index (Phi) is 6.01. The maximum atomic E-state index is 13.6. The summed E-state index contributed by atoms with van der Waals surface area (Å²) in [5.41, 5.74) is 2.06. The minimum absolute atomic E-state index is 0.193. The number of ketones is 1. The third kappa shape index (κ3) is 3.47. The molecule has 1 heterocycles. The molecule has 4 aliphatic carbocycles. The lowest BCUT2D eigenvalue weighted by molar-refractivity contribution is -0.131. The number of nitrogens with zero attached hydrogens (tertiary/aromatic N) is 2. The van der Waals surface area contributed by atoms with E-state index < -0.39 is 0 Å². The molecule has 4 saturated carbocycles. The van der Waals surface area contributed by atoms with Crippen LogP contribution in [0.2, 0.25) is 0 Å². The Balaban J connectivity index is 1.30. The predicted molar refractivity (Wildman–Crippen MR) is 131 cm³/mol. The minimum atomic E-state index is 0.193. The highest BCUT2D eigenvalue weighted by Crippen LogP contribution is 2.64. The van der Waals surface area contributed by atoms with Crippen molar-refractivity contribution in [3.05, 3.63) is 18.5 Å². The average Bonchev–Trinajstić information content (AvgIpc) is 3.37. The molecular formula is C28H43N3O. The van der Waals surface area contributed by atoms with Crippen LogP contribution in [0.3, 0.4) is 0 Å². The summed E-state index contributed by atoms with van der Waals surface area (Å²) in [5, 5.41) is 7.64. The van der Waals surface area contributed by atoms with E-state index in [2.05, 4.69) is 30.8 Å². The van der Waals surface area contributed by atoms with E-state index >= 15 is 0 Å². The fourth-order valence-electron chi connectivity index (χ4n) is 9.04. The molecule has 5 rings (SSSR count). The van der Waals surface area contributed by atoms with Gasteiger partial charge in [-0.3, -0.25) is 9.48 Å². The van der Waals surface area contributed by atoms with Crippen LogP contribution in [-0.4, -0.2) is 22.6 Å². The Morgan fingerprint density at radius 1 is 1.19 bits per heavy atom. The molecule has 0 amide bonds. The molecule has 1 N–H and O–H groups in total. The predicted octanol–water partition coefficient (Wildman–Crippen LogP) is 6.43. The van der Waals surface area contributed by atoms with Crippen molar-refractivity contribution in [2.75, 3.05) is 12.4 Å². The van der Waals surface area contributed by atoms with Gasteiger partial charge in [-0.15, -0.1) is 0 Å². The molecule has 0 saturated heterocycles. The molecule has 1 aromatic heterocycles. The lowest BCUT2D eigenvalue weighted by Crippen LogP contribution is -2.49. The first-order chi connectivity index (χ1) is 15.5. The van der Waals surface area contributed by atoms with Gasteiger partial charge in [-0.25, -0.2) is 0 Å². The number of Topliss-reactive ketones (excluding diaryl/α,β-unsaturated/α-hetero) is 1. The Morgan fingerprint density at radius 2 is 2.00 bits per heavy atom. The molecule has 1 aromatic rings. The standard InChI is InChI=1S/C28H43N3O/c1-5-18-7-9-20-19(15-18)8-10-22-21(20)13-14-28(3)23(22)11-12-24(28)27(32)17-31-26(6-2)25(29-4)16-30-31/h6,16,18-24,29H,2,5,7-15,17H2,1,3-4H3. The molecule has 4 fully saturated rings. The van der Waals surface area contributed by atoms with E-state index in [-0.39, 0.29) is 11.3 Å². The number of fused-ring (bicyclic) bond motifs is 5. The number of carbonyl (C=O) groups excluding carboxylic acids is 1. The van der Waals surface area contributed by atoms with Crippen LogP contribution >= 0.6 is 0 Å². The van der Waals surface area contributed by atoms with Gasteiger partial charge in [-0.05, 0) is 98.4 Å². The fraction of sp³-hybridized carbons (Fsp3) is 0.786. The first kappa shape index (κ1) is 22.2. The summed E-state index contributed by atoms with van der Waals surface area (Å²) in [7, 11) is 1.89. The number of rotatable bonds is 6. The van der Waals surface area contributed by atoms with Gasteiger partial charge in [0.2, 0.25) is 0 Å². The third-order valence-electron chi connectivity index (χ3n) is 10.7. The maximum absolute atomic E-state index is 13.6. The smallest absolute Gasteiger partial charge is 0.157 e. The number of hydrogen-bond acceptors (Lipinski definition) is 3. The van der Waals surface area contributed by atoms with E-state index in [1.165, 1.54) is 57.8 Å². The number of carbonyl (C=O) groups is 1. The van der Waals surface area contributed by atoms with Crippen LogP contribution in [0.1, 0.15) is 83.7 Å². The van der Waals surface area contributed by atoms with Crippen LogP contribution in [0.5, 0.6) is 0 Å². The topological polar surface area (TPSA) is 46.9 Å². The summed E-state index contributed by atoms with van der Waals surface area (Å²) in [6, 6.07) is 0. The summed E-state index contributed by atoms with van der Waals surface area (Å²) < 4.78 is 1.85. The zero-order valence-electron chi connectivity index (χ0n) is 20.5. The van der Waals surface area contributed by atoms with Gasteiger partial charge in [0.05, 0.1) is 17.6 Å². The summed E-state index contributed by atoms with van der Waals surface area (Å²) in [5.74, 6) is 6.12. The van der Waals surface area contributed by atoms with E-state index in [1.807, 2.05) is 17.8 Å². The van der Waals surface area contributed by atoms with Crippen LogP contribution in [-0.2, 0) is 11.3 Å². The van der Waals surface area contributed by atoms with Crippen LogP contribution in [0.15, 0.2) is 12.8 Å². The van der Waals surface area contributed by atoms with E-state index in [1.54, 1.807) is 6.20 Å². The van der Waals surface area contributed by atoms with Gasteiger partial charge in [0.25, 0.3) is 0 Å². The van der Waals surface area contributed by atoms with Crippen molar-refractivity contribution >= 4 is 17.5 Å². The molecule has 0 spiro atoms. The first-order valence-corrected chi connectivity index (χ1v) is 13.4. The second-order valence-electron chi connectivity index (χ2n) is 11.7. The molecule has 32 heavy (non-hydrogen) atoms. The summed E-state index contributed by atoms with van der Waals surface area (Å²) >= 11 is 0. The number of aromatic nitrogens is 2. The highest BCUT2D eigenvalue weighted by atomic mass is 16.1. The van der Waals surface area contributed by atoms with Crippen LogP contribution in [0.25, 0.3) is 6.08 Å². The van der Waals surface area contributed by atoms with Crippen LogP contribution < -0.4 is 5.32 Å². The molecular weight excluding hydrogens is 394 g/mol. The largest absolute Gasteiger partial charge is 0.385 e. The first-order valence-electron chi connectivity index (χ1n) is 13.4. The molecule has 0 aromatic carbocycles. The SMILES string of the molecule is C=Cc1c(NC)cnn1CC(=O)C1CCC2C3CCC4CC(CC)CCC4C3CCC12C. The van der Waals surface area contributed by atoms with Gasteiger partial charge in [0.1, 0.15) is 6.54 Å². The van der Waals surface area contributed by atoms with Crippen molar-refractivity contribution in [3.8, 4) is 0 Å². The van der Waals surface area contributed by atoms with E-state index in [9.17, 15) is 4.79 Å². The van der Waals surface area contributed by atoms with E-state index in [0.29, 0.717) is 12.3 Å². The van der Waals surface area contributed by atoms with Gasteiger partial charge >= 0.3 is 0 Å². The van der Waals surface area contributed by atoms with E-state index in [4.69, 9.17) is 0 Å². The van der Waals surface area contributed by atoms with Crippen LogP contribution in [0.4, 0.5) is 5.69 Å². The van der Waals surface area contributed by atoms with Crippen molar-refractivity contribution in [3.63, 3.8) is 0 Å².